The number of hydrogen-bond acceptors (Lipinski definition) is 4. The fourth-order valence-corrected chi connectivity index (χ4v) is 2.73. The van der Waals surface area contributed by atoms with Crippen LogP contribution in [0.1, 0.15) is 5.56 Å². The van der Waals surface area contributed by atoms with Gasteiger partial charge in [-0.2, -0.15) is 5.26 Å². The zero-order valence-corrected chi connectivity index (χ0v) is 13.4. The maximum Gasteiger partial charge on any atom is 0.137 e. The number of hydrogen-bond donors (Lipinski definition) is 0. The van der Waals surface area contributed by atoms with Gasteiger partial charge in [0.15, 0.2) is 0 Å². The molecule has 0 saturated carbocycles. The fourth-order valence-electron chi connectivity index (χ4n) is 2.73. The zero-order chi connectivity index (χ0) is 16.4. The Morgan fingerprint density at radius 1 is 1.13 bits per heavy atom. The van der Waals surface area contributed by atoms with Crippen LogP contribution in [-0.2, 0) is 0 Å². The fraction of sp³-hybridized carbons (Fsp3) is 0.158. The lowest BCUT2D eigenvalue weighted by Crippen LogP contribution is -2.11. The lowest BCUT2D eigenvalue weighted by atomic mass is 9.97. The molecule has 4 nitrogen and oxygen atoms in total. The van der Waals surface area contributed by atoms with E-state index in [9.17, 15) is 5.26 Å². The van der Waals surface area contributed by atoms with E-state index in [1.165, 1.54) is 0 Å². The molecular formula is C19H17N3O. The van der Waals surface area contributed by atoms with E-state index in [1.807, 2.05) is 67.7 Å². The molecule has 23 heavy (non-hydrogen) atoms. The minimum Gasteiger partial charge on any atom is -0.497 e. The molecule has 0 amide bonds. The van der Waals surface area contributed by atoms with Crippen molar-refractivity contribution >= 4 is 16.6 Å². The average Bonchev–Trinajstić information content (AvgIpc) is 2.60. The largest absolute Gasteiger partial charge is 0.497 e. The topological polar surface area (TPSA) is 49.1 Å². The summed E-state index contributed by atoms with van der Waals surface area (Å²) in [4.78, 5) is 6.51. The molecular weight excluding hydrogens is 286 g/mol. The van der Waals surface area contributed by atoms with Crippen LogP contribution in [0, 0.1) is 11.3 Å². The molecule has 4 heteroatoms. The van der Waals surface area contributed by atoms with Crippen LogP contribution in [0.3, 0.4) is 0 Å². The van der Waals surface area contributed by atoms with Crippen molar-refractivity contribution in [3.05, 3.63) is 54.2 Å². The Hall–Kier alpha value is -3.06. The third-order valence-corrected chi connectivity index (χ3v) is 3.82. The average molecular weight is 303 g/mol. The molecule has 2 aromatic carbocycles. The van der Waals surface area contributed by atoms with Gasteiger partial charge in [-0.05, 0) is 29.1 Å². The van der Waals surface area contributed by atoms with E-state index in [4.69, 9.17) is 4.74 Å². The summed E-state index contributed by atoms with van der Waals surface area (Å²) in [6, 6.07) is 15.9. The van der Waals surface area contributed by atoms with Gasteiger partial charge >= 0.3 is 0 Å². The van der Waals surface area contributed by atoms with Gasteiger partial charge in [-0.25, -0.2) is 4.98 Å². The molecule has 0 unspecified atom stereocenters. The summed E-state index contributed by atoms with van der Waals surface area (Å²) >= 11 is 0. The molecule has 114 valence electrons. The second-order valence-electron chi connectivity index (χ2n) is 5.46. The second kappa shape index (κ2) is 5.98. The maximum atomic E-state index is 9.47. The van der Waals surface area contributed by atoms with Crippen molar-refractivity contribution in [2.75, 3.05) is 26.1 Å². The summed E-state index contributed by atoms with van der Waals surface area (Å²) in [5.74, 6) is 1.59. The van der Waals surface area contributed by atoms with Crippen LogP contribution < -0.4 is 9.64 Å². The number of fused-ring (bicyclic) bond motifs is 1. The molecule has 0 aliphatic carbocycles. The highest BCUT2D eigenvalue weighted by molar-refractivity contribution is 6.04. The lowest BCUT2D eigenvalue weighted by Gasteiger charge is -2.17. The summed E-state index contributed by atoms with van der Waals surface area (Å²) in [6.45, 7) is 0. The van der Waals surface area contributed by atoms with Gasteiger partial charge in [0.1, 0.15) is 11.6 Å². The van der Waals surface area contributed by atoms with Crippen LogP contribution in [0.2, 0.25) is 0 Å². The number of ether oxygens (including phenoxy) is 1. The molecule has 0 aliphatic rings. The Labute approximate surface area is 135 Å². The summed E-state index contributed by atoms with van der Waals surface area (Å²) in [5, 5.41) is 11.4. The number of benzene rings is 2. The van der Waals surface area contributed by atoms with E-state index >= 15 is 0 Å². The van der Waals surface area contributed by atoms with Crippen LogP contribution in [0.15, 0.2) is 48.7 Å². The number of nitrogens with zero attached hydrogens (tertiary/aromatic N) is 3. The molecule has 0 fully saturated rings. The number of rotatable bonds is 3. The first kappa shape index (κ1) is 14.9. The van der Waals surface area contributed by atoms with Crippen LogP contribution >= 0.6 is 0 Å². The van der Waals surface area contributed by atoms with Crippen molar-refractivity contribution in [1.29, 1.82) is 5.26 Å². The van der Waals surface area contributed by atoms with Crippen molar-refractivity contribution < 1.29 is 4.74 Å². The van der Waals surface area contributed by atoms with E-state index in [0.717, 1.165) is 33.5 Å². The van der Waals surface area contributed by atoms with E-state index < -0.39 is 0 Å². The molecule has 0 N–H and O–H groups in total. The van der Waals surface area contributed by atoms with Crippen molar-refractivity contribution in [2.45, 2.75) is 0 Å². The predicted molar refractivity (Wildman–Crippen MR) is 92.8 cm³/mol. The Morgan fingerprint density at radius 3 is 2.61 bits per heavy atom. The molecule has 1 heterocycles. The monoisotopic (exact) mass is 303 g/mol. The van der Waals surface area contributed by atoms with Gasteiger partial charge in [-0.1, -0.05) is 24.3 Å². The Morgan fingerprint density at radius 2 is 1.91 bits per heavy atom. The minimum atomic E-state index is 0.628. The molecule has 0 atom stereocenters. The first-order valence-corrected chi connectivity index (χ1v) is 7.29. The van der Waals surface area contributed by atoms with Crippen LogP contribution in [0.4, 0.5) is 5.82 Å². The molecule has 0 radical (unpaired) electrons. The number of aromatic nitrogens is 1. The second-order valence-corrected chi connectivity index (χ2v) is 5.46. The van der Waals surface area contributed by atoms with Gasteiger partial charge in [0.05, 0.1) is 18.7 Å². The van der Waals surface area contributed by atoms with Gasteiger partial charge in [0, 0.05) is 31.2 Å². The van der Waals surface area contributed by atoms with Crippen molar-refractivity contribution in [3.63, 3.8) is 0 Å². The number of pyridine rings is 1. The van der Waals surface area contributed by atoms with E-state index in [2.05, 4.69) is 11.1 Å². The van der Waals surface area contributed by atoms with Crippen LogP contribution in [0.25, 0.3) is 21.9 Å². The maximum absolute atomic E-state index is 9.47. The number of nitriles is 1. The van der Waals surface area contributed by atoms with E-state index in [0.29, 0.717) is 5.56 Å². The van der Waals surface area contributed by atoms with Gasteiger partial charge in [-0.3, -0.25) is 0 Å². The Kier molecular flexibility index (Phi) is 3.86. The first-order valence-electron chi connectivity index (χ1n) is 7.29. The molecule has 0 saturated heterocycles. The number of methoxy groups -OCH3 is 1. The minimum absolute atomic E-state index is 0.628. The standard InChI is InChI=1S/C19H17N3O/c1-22(2)19-18-14(11-20)7-5-9-16(18)17(12-21-19)13-6-4-8-15(10-13)23-3/h4-10,12H,1-3H3. The SMILES string of the molecule is COc1cccc(-c2cnc(N(C)C)c3c(C#N)cccc23)c1. The third kappa shape index (κ3) is 2.58. The molecule has 0 aliphatic heterocycles. The molecule has 0 bridgehead atoms. The van der Waals surface area contributed by atoms with E-state index in [1.54, 1.807) is 7.11 Å². The predicted octanol–water partition coefficient (Wildman–Crippen LogP) is 3.85. The Balaban J connectivity index is 2.36. The molecule has 1 aromatic heterocycles. The summed E-state index contributed by atoms with van der Waals surface area (Å²) in [5.41, 5.74) is 2.63. The first-order chi connectivity index (χ1) is 11.2. The van der Waals surface area contributed by atoms with Crippen molar-refractivity contribution in [1.82, 2.24) is 4.98 Å². The highest BCUT2D eigenvalue weighted by Crippen LogP contribution is 2.35. The van der Waals surface area contributed by atoms with Crippen molar-refractivity contribution in [2.24, 2.45) is 0 Å². The summed E-state index contributed by atoms with van der Waals surface area (Å²) in [6.07, 6.45) is 1.85. The van der Waals surface area contributed by atoms with Gasteiger partial charge in [0.2, 0.25) is 0 Å². The summed E-state index contributed by atoms with van der Waals surface area (Å²) in [7, 11) is 5.51. The van der Waals surface area contributed by atoms with E-state index in [-0.39, 0.29) is 0 Å². The smallest absolute Gasteiger partial charge is 0.137 e. The quantitative estimate of drug-likeness (QED) is 0.737. The highest BCUT2D eigenvalue weighted by Gasteiger charge is 2.14. The molecule has 0 spiro atoms. The van der Waals surface area contributed by atoms with Crippen LogP contribution in [0.5, 0.6) is 5.75 Å². The lowest BCUT2D eigenvalue weighted by molar-refractivity contribution is 0.415. The Bertz CT molecular complexity index is 910. The third-order valence-electron chi connectivity index (χ3n) is 3.82. The van der Waals surface area contributed by atoms with Crippen molar-refractivity contribution in [3.8, 4) is 22.9 Å². The molecule has 3 aromatic rings. The van der Waals surface area contributed by atoms with Crippen LogP contribution in [-0.4, -0.2) is 26.2 Å². The molecule has 3 rings (SSSR count). The van der Waals surface area contributed by atoms with Gasteiger partial charge < -0.3 is 9.64 Å². The van der Waals surface area contributed by atoms with Gasteiger partial charge in [0.25, 0.3) is 0 Å². The highest BCUT2D eigenvalue weighted by atomic mass is 16.5. The summed E-state index contributed by atoms with van der Waals surface area (Å²) < 4.78 is 5.31. The normalized spacial score (nSPS) is 10.3. The zero-order valence-electron chi connectivity index (χ0n) is 13.4. The van der Waals surface area contributed by atoms with Gasteiger partial charge in [-0.15, -0.1) is 0 Å². The number of anilines is 1.